The Bertz CT molecular complexity index is 635. The highest BCUT2D eigenvalue weighted by Crippen LogP contribution is 2.47. The molecule has 3 heteroatoms. The molecule has 4 aliphatic carbocycles. The van der Waals surface area contributed by atoms with Gasteiger partial charge in [-0.15, -0.1) is 0 Å². The van der Waals surface area contributed by atoms with E-state index in [1.807, 2.05) is 0 Å². The Morgan fingerprint density at radius 2 is 1.05 bits per heavy atom. The lowest BCUT2D eigenvalue weighted by atomic mass is 9.66. The Morgan fingerprint density at radius 3 is 1.68 bits per heavy atom. The van der Waals surface area contributed by atoms with E-state index in [1.165, 1.54) is 89.9 Å². The van der Waals surface area contributed by atoms with Crippen LogP contribution in [-0.2, 0) is 0 Å². The lowest BCUT2D eigenvalue weighted by Gasteiger charge is -2.42. The first-order chi connectivity index (χ1) is 18.5. The molecule has 0 radical (unpaired) electrons. The molecule has 6 unspecified atom stereocenters. The van der Waals surface area contributed by atoms with Crippen molar-refractivity contribution in [2.24, 2.45) is 47.3 Å². The predicted molar refractivity (Wildman–Crippen MR) is 156 cm³/mol. The first-order valence-electron chi connectivity index (χ1n) is 17.4. The highest BCUT2D eigenvalue weighted by atomic mass is 19.2. The Morgan fingerprint density at radius 1 is 0.474 bits per heavy atom. The Kier molecular flexibility index (Phi) is 12.7. The van der Waals surface area contributed by atoms with Crippen molar-refractivity contribution in [1.29, 1.82) is 0 Å². The molecule has 0 spiro atoms. The highest BCUT2D eigenvalue weighted by Gasteiger charge is 2.44. The molecule has 0 N–H and O–H groups in total. The average Bonchev–Trinajstić information content (AvgIpc) is 2.93. The van der Waals surface area contributed by atoms with Crippen molar-refractivity contribution in [3.8, 4) is 0 Å². The van der Waals surface area contributed by atoms with Gasteiger partial charge in [-0.1, -0.05) is 90.9 Å². The van der Waals surface area contributed by atoms with Crippen LogP contribution in [0.15, 0.2) is 0 Å². The maximum atomic E-state index is 15.3. The molecule has 0 bridgehead atoms. The van der Waals surface area contributed by atoms with Crippen LogP contribution in [0.1, 0.15) is 155 Å². The van der Waals surface area contributed by atoms with Crippen LogP contribution in [0, 0.1) is 47.3 Å². The fraction of sp³-hybridized carbons (Fsp3) is 1.00. The molecule has 0 aliphatic heterocycles. The van der Waals surface area contributed by atoms with Crippen LogP contribution in [0.2, 0.25) is 0 Å². The first-order valence-corrected chi connectivity index (χ1v) is 17.4. The number of alkyl halides is 3. The van der Waals surface area contributed by atoms with Gasteiger partial charge in [0.1, 0.15) is 18.5 Å². The van der Waals surface area contributed by atoms with Gasteiger partial charge in [0.2, 0.25) is 0 Å². The minimum absolute atomic E-state index is 0.0233. The van der Waals surface area contributed by atoms with Crippen LogP contribution in [0.5, 0.6) is 0 Å². The van der Waals surface area contributed by atoms with Gasteiger partial charge in [-0.05, 0) is 112 Å². The first kappa shape index (κ1) is 30.7. The second-order valence-electron chi connectivity index (χ2n) is 14.5. The van der Waals surface area contributed by atoms with Crippen molar-refractivity contribution in [3.63, 3.8) is 0 Å². The molecular weight excluding hydrogens is 477 g/mol. The summed E-state index contributed by atoms with van der Waals surface area (Å²) in [6, 6.07) is 0. The van der Waals surface area contributed by atoms with E-state index in [-0.39, 0.29) is 11.8 Å². The third kappa shape index (κ3) is 8.41. The van der Waals surface area contributed by atoms with Crippen molar-refractivity contribution in [2.75, 3.05) is 0 Å². The smallest absolute Gasteiger partial charge is 0.134 e. The van der Waals surface area contributed by atoms with Gasteiger partial charge >= 0.3 is 0 Å². The largest absolute Gasteiger partial charge is 0.247 e. The van der Waals surface area contributed by atoms with Crippen molar-refractivity contribution in [2.45, 2.75) is 174 Å². The van der Waals surface area contributed by atoms with Crippen LogP contribution in [0.25, 0.3) is 0 Å². The Labute approximate surface area is 234 Å². The second kappa shape index (κ2) is 15.7. The van der Waals surface area contributed by atoms with Crippen LogP contribution < -0.4 is 0 Å². The van der Waals surface area contributed by atoms with E-state index in [4.69, 9.17) is 0 Å². The normalized spacial score (nSPS) is 42.7. The van der Waals surface area contributed by atoms with Gasteiger partial charge in [0.15, 0.2) is 0 Å². The molecule has 4 fully saturated rings. The highest BCUT2D eigenvalue weighted by molar-refractivity contribution is 4.93. The molecule has 0 nitrogen and oxygen atoms in total. The number of hydrogen-bond donors (Lipinski definition) is 0. The topological polar surface area (TPSA) is 0 Å². The van der Waals surface area contributed by atoms with Gasteiger partial charge < -0.3 is 0 Å². The van der Waals surface area contributed by atoms with Crippen molar-refractivity contribution >= 4 is 0 Å². The molecule has 4 aliphatic rings. The van der Waals surface area contributed by atoms with E-state index in [9.17, 15) is 0 Å². The number of rotatable bonds is 12. The maximum Gasteiger partial charge on any atom is 0.134 e. The molecular formula is C35H61F3. The molecule has 0 aromatic heterocycles. The quantitative estimate of drug-likeness (QED) is 0.217. The van der Waals surface area contributed by atoms with Gasteiger partial charge in [-0.3, -0.25) is 0 Å². The summed E-state index contributed by atoms with van der Waals surface area (Å²) < 4.78 is 45.6. The summed E-state index contributed by atoms with van der Waals surface area (Å²) in [5.41, 5.74) is 0. The third-order valence-corrected chi connectivity index (χ3v) is 12.1. The summed E-state index contributed by atoms with van der Waals surface area (Å²) >= 11 is 0. The van der Waals surface area contributed by atoms with Crippen LogP contribution in [0.3, 0.4) is 0 Å². The fourth-order valence-corrected chi connectivity index (χ4v) is 9.60. The van der Waals surface area contributed by atoms with E-state index in [2.05, 4.69) is 13.8 Å². The Balaban J connectivity index is 1.10. The molecule has 7 atom stereocenters. The van der Waals surface area contributed by atoms with Gasteiger partial charge in [-0.2, -0.15) is 0 Å². The molecule has 0 heterocycles. The third-order valence-electron chi connectivity index (χ3n) is 12.1. The monoisotopic (exact) mass is 538 g/mol. The summed E-state index contributed by atoms with van der Waals surface area (Å²) in [6.45, 7) is 4.50. The molecule has 38 heavy (non-hydrogen) atoms. The molecule has 4 saturated carbocycles. The molecule has 0 amide bonds. The van der Waals surface area contributed by atoms with Crippen molar-refractivity contribution in [1.82, 2.24) is 0 Å². The summed E-state index contributed by atoms with van der Waals surface area (Å²) in [7, 11) is 0. The minimum atomic E-state index is -1.24. The molecule has 4 rings (SSSR count). The lowest BCUT2D eigenvalue weighted by molar-refractivity contribution is -0.0151. The number of hydrogen-bond acceptors (Lipinski definition) is 0. The standard InChI is InChI=1S/C35H61F3/c1-3-5-6-9-27-16-22-31(33(36)24-27)28-17-14-26(15-18-28)10-7-11-30-21-23-32(35(38)34(30)37)29-19-12-25(8-4-2)13-20-29/h25-35H,3-24H2,1-2H3/t25?,26?,27?,28?,29?,30?,31?,32?,33?,34-,35?/m0/s1. The average molecular weight is 539 g/mol. The minimum Gasteiger partial charge on any atom is -0.247 e. The van der Waals surface area contributed by atoms with Gasteiger partial charge in [0.25, 0.3) is 0 Å². The van der Waals surface area contributed by atoms with E-state index in [0.29, 0.717) is 23.7 Å². The fourth-order valence-electron chi connectivity index (χ4n) is 9.60. The second-order valence-corrected chi connectivity index (χ2v) is 14.5. The SMILES string of the molecule is CCCCCC1CCC(C2CCC(CCCC3CCC(C4CCC(CCC)CC4)C(F)[C@H]3F)CC2)C(F)C1. The molecule has 0 aromatic rings. The van der Waals surface area contributed by atoms with E-state index >= 15 is 13.2 Å². The number of halogens is 3. The zero-order chi connectivity index (χ0) is 26.9. The Hall–Kier alpha value is -0.210. The van der Waals surface area contributed by atoms with Gasteiger partial charge in [0, 0.05) is 0 Å². The van der Waals surface area contributed by atoms with Crippen molar-refractivity contribution in [3.05, 3.63) is 0 Å². The van der Waals surface area contributed by atoms with E-state index < -0.39 is 18.5 Å². The molecule has 0 saturated heterocycles. The number of unbranched alkanes of at least 4 members (excludes halogenated alkanes) is 2. The maximum absolute atomic E-state index is 15.3. The lowest BCUT2D eigenvalue weighted by Crippen LogP contribution is -2.42. The predicted octanol–water partition coefficient (Wildman–Crippen LogP) is 11.6. The summed E-state index contributed by atoms with van der Waals surface area (Å²) in [6.07, 6.45) is 22.2. The van der Waals surface area contributed by atoms with Crippen molar-refractivity contribution < 1.29 is 13.2 Å². The van der Waals surface area contributed by atoms with Gasteiger partial charge in [-0.25, -0.2) is 13.2 Å². The molecule has 0 aromatic carbocycles. The summed E-state index contributed by atoms with van der Waals surface area (Å²) in [5.74, 6) is 3.42. The van der Waals surface area contributed by atoms with E-state index in [1.54, 1.807) is 0 Å². The zero-order valence-corrected chi connectivity index (χ0v) is 25.0. The van der Waals surface area contributed by atoms with Crippen LogP contribution in [-0.4, -0.2) is 18.5 Å². The van der Waals surface area contributed by atoms with Crippen LogP contribution >= 0.6 is 0 Å². The van der Waals surface area contributed by atoms with E-state index in [0.717, 1.165) is 63.2 Å². The molecule has 222 valence electrons. The van der Waals surface area contributed by atoms with Gasteiger partial charge in [0.05, 0.1) is 0 Å². The summed E-state index contributed by atoms with van der Waals surface area (Å²) in [4.78, 5) is 0. The summed E-state index contributed by atoms with van der Waals surface area (Å²) in [5, 5.41) is 0. The zero-order valence-electron chi connectivity index (χ0n) is 25.0. The van der Waals surface area contributed by atoms with Crippen LogP contribution in [0.4, 0.5) is 13.2 Å².